The minimum Gasteiger partial charge on any atom is -0.366 e. The van der Waals surface area contributed by atoms with Crippen molar-refractivity contribution in [1.82, 2.24) is 15.3 Å². The van der Waals surface area contributed by atoms with Crippen molar-refractivity contribution in [3.8, 4) is 44.8 Å². The highest BCUT2D eigenvalue weighted by atomic mass is 15.1. The Balaban J connectivity index is 1.36. The van der Waals surface area contributed by atoms with Crippen LogP contribution in [0.25, 0.3) is 66.3 Å². The zero-order valence-corrected chi connectivity index (χ0v) is 23.9. The van der Waals surface area contributed by atoms with E-state index < -0.39 is 0 Å². The van der Waals surface area contributed by atoms with Crippen LogP contribution in [0.4, 0.5) is 0 Å². The summed E-state index contributed by atoms with van der Waals surface area (Å²) in [4.78, 5) is 13.5. The number of aliphatic imine (C=N–C) groups is 1. The van der Waals surface area contributed by atoms with Crippen LogP contribution < -0.4 is 5.32 Å². The number of hydrogen-bond donors (Lipinski definition) is 1. The summed E-state index contributed by atoms with van der Waals surface area (Å²) in [5.74, 6) is 0.727. The summed E-state index contributed by atoms with van der Waals surface area (Å²) in [7, 11) is 0. The highest BCUT2D eigenvalue weighted by Gasteiger charge is 2.18. The molecule has 0 aliphatic carbocycles. The van der Waals surface area contributed by atoms with E-state index in [2.05, 4.69) is 142 Å². The fourth-order valence-corrected chi connectivity index (χ4v) is 6.23. The second kappa shape index (κ2) is 11.1. The van der Waals surface area contributed by atoms with Gasteiger partial charge in [0.1, 0.15) is 6.17 Å². The molecule has 1 aromatic heterocycles. The molecule has 0 radical (unpaired) electrons. The fraction of sp³-hybridized carbons (Fsp3) is 0.0250. The number of allylic oxidation sites excluding steroid dienone is 1. The molecule has 0 saturated carbocycles. The van der Waals surface area contributed by atoms with Crippen molar-refractivity contribution < 1.29 is 0 Å². The Hall–Kier alpha value is -5.87. The molecular weight excluding hydrogens is 536 g/mol. The van der Waals surface area contributed by atoms with Gasteiger partial charge in [0.2, 0.25) is 0 Å². The fourth-order valence-electron chi connectivity index (χ4n) is 6.23. The molecule has 0 fully saturated rings. The SMILES string of the molecule is C1=CNC(c2ccc(-c3c4ccccc4c(-c4ccc(-c5ncccn5)cc4)c4ccc(-c5ccccc5)cc34)cc2)N=C1. The molecule has 4 nitrogen and oxygen atoms in total. The molecule has 1 unspecified atom stereocenters. The third-order valence-corrected chi connectivity index (χ3v) is 8.32. The van der Waals surface area contributed by atoms with Gasteiger partial charge in [-0.3, -0.25) is 4.99 Å². The van der Waals surface area contributed by atoms with Crippen LogP contribution in [0, 0.1) is 0 Å². The molecule has 0 saturated heterocycles. The topological polar surface area (TPSA) is 50.2 Å². The van der Waals surface area contributed by atoms with Gasteiger partial charge in [0.05, 0.1) is 0 Å². The number of nitrogens with zero attached hydrogens (tertiary/aromatic N) is 3. The van der Waals surface area contributed by atoms with E-state index in [0.29, 0.717) is 0 Å². The van der Waals surface area contributed by atoms with E-state index in [9.17, 15) is 0 Å². The maximum absolute atomic E-state index is 4.59. The van der Waals surface area contributed by atoms with Crippen LogP contribution >= 0.6 is 0 Å². The zero-order chi connectivity index (χ0) is 29.3. The van der Waals surface area contributed by atoms with Gasteiger partial charge in [-0.05, 0) is 84.9 Å². The van der Waals surface area contributed by atoms with Crippen molar-refractivity contribution in [3.05, 3.63) is 158 Å². The standard InChI is InChI=1S/C40H28N4/c1-2-8-27(9-3-1)32-20-21-35-36(26-32)38(29-14-18-31(19-15-29)40-43-24-7-25-44-40)34-11-5-4-10-33(34)37(35)28-12-16-30(17-13-28)39-41-22-6-23-42-39/h1-26,40,43H. The molecule has 6 aromatic carbocycles. The van der Waals surface area contributed by atoms with E-state index in [1.54, 1.807) is 12.4 Å². The van der Waals surface area contributed by atoms with E-state index >= 15 is 0 Å². The van der Waals surface area contributed by atoms with Crippen LogP contribution in [0.1, 0.15) is 11.7 Å². The highest BCUT2D eigenvalue weighted by Crippen LogP contribution is 2.45. The van der Waals surface area contributed by atoms with Gasteiger partial charge in [-0.15, -0.1) is 0 Å². The van der Waals surface area contributed by atoms with Crippen molar-refractivity contribution in [3.63, 3.8) is 0 Å². The molecule has 1 aliphatic heterocycles. The third kappa shape index (κ3) is 4.63. The summed E-state index contributed by atoms with van der Waals surface area (Å²) >= 11 is 0. The lowest BCUT2D eigenvalue weighted by molar-refractivity contribution is 0.653. The van der Waals surface area contributed by atoms with Crippen molar-refractivity contribution in [1.29, 1.82) is 0 Å². The first kappa shape index (κ1) is 25.8. The molecule has 4 heteroatoms. The predicted molar refractivity (Wildman–Crippen MR) is 182 cm³/mol. The first-order valence-electron chi connectivity index (χ1n) is 14.8. The van der Waals surface area contributed by atoms with E-state index in [1.807, 2.05) is 24.6 Å². The molecule has 8 rings (SSSR count). The Kier molecular flexibility index (Phi) is 6.50. The first-order valence-corrected chi connectivity index (χ1v) is 14.8. The molecule has 44 heavy (non-hydrogen) atoms. The Morgan fingerprint density at radius 2 is 1.07 bits per heavy atom. The molecule has 1 N–H and O–H groups in total. The number of fused-ring (bicyclic) bond motifs is 2. The van der Waals surface area contributed by atoms with E-state index in [1.165, 1.54) is 49.4 Å². The maximum atomic E-state index is 4.59. The molecule has 1 atom stereocenters. The Morgan fingerprint density at radius 3 is 1.75 bits per heavy atom. The van der Waals surface area contributed by atoms with Crippen LogP contribution in [0.3, 0.4) is 0 Å². The number of benzene rings is 6. The Labute approximate surface area is 256 Å². The van der Waals surface area contributed by atoms with Gasteiger partial charge in [-0.1, -0.05) is 115 Å². The lowest BCUT2D eigenvalue weighted by Crippen LogP contribution is -2.15. The summed E-state index contributed by atoms with van der Waals surface area (Å²) in [5.41, 5.74) is 9.33. The lowest BCUT2D eigenvalue weighted by atomic mass is 9.84. The van der Waals surface area contributed by atoms with E-state index in [0.717, 1.165) is 22.5 Å². The van der Waals surface area contributed by atoms with Crippen LogP contribution in [-0.2, 0) is 0 Å². The van der Waals surface area contributed by atoms with Crippen LogP contribution in [0.15, 0.2) is 157 Å². The van der Waals surface area contributed by atoms with Gasteiger partial charge in [0.15, 0.2) is 5.82 Å². The summed E-state index contributed by atoms with van der Waals surface area (Å²) < 4.78 is 0. The number of rotatable bonds is 5. The second-order valence-electron chi connectivity index (χ2n) is 10.9. The Morgan fingerprint density at radius 1 is 0.477 bits per heavy atom. The van der Waals surface area contributed by atoms with Crippen molar-refractivity contribution in [2.75, 3.05) is 0 Å². The predicted octanol–water partition coefficient (Wildman–Crippen LogP) is 9.64. The first-order chi connectivity index (χ1) is 21.8. The van der Waals surface area contributed by atoms with Crippen LogP contribution in [-0.4, -0.2) is 16.2 Å². The van der Waals surface area contributed by atoms with Crippen LogP contribution in [0.2, 0.25) is 0 Å². The summed E-state index contributed by atoms with van der Waals surface area (Å²) in [6, 6.07) is 45.6. The molecule has 1 aliphatic rings. The molecule has 208 valence electrons. The van der Waals surface area contributed by atoms with Gasteiger partial charge >= 0.3 is 0 Å². The summed E-state index contributed by atoms with van der Waals surface area (Å²) in [6.45, 7) is 0. The number of nitrogens with one attached hydrogen (secondary N) is 1. The molecule has 0 spiro atoms. The largest absolute Gasteiger partial charge is 0.366 e. The maximum Gasteiger partial charge on any atom is 0.159 e. The van der Waals surface area contributed by atoms with Crippen molar-refractivity contribution in [2.24, 2.45) is 4.99 Å². The van der Waals surface area contributed by atoms with E-state index in [4.69, 9.17) is 0 Å². The zero-order valence-electron chi connectivity index (χ0n) is 23.9. The molecular formula is C40H28N4. The van der Waals surface area contributed by atoms with Gasteiger partial charge in [-0.25, -0.2) is 9.97 Å². The molecule has 0 bridgehead atoms. The molecule has 2 heterocycles. The normalized spacial score (nSPS) is 14.1. The Bertz CT molecular complexity index is 2170. The average Bonchev–Trinajstić information content (AvgIpc) is 3.12. The molecule has 7 aromatic rings. The van der Waals surface area contributed by atoms with Crippen LogP contribution in [0.5, 0.6) is 0 Å². The second-order valence-corrected chi connectivity index (χ2v) is 10.9. The number of hydrogen-bond acceptors (Lipinski definition) is 4. The lowest BCUT2D eigenvalue weighted by Gasteiger charge is -2.20. The van der Waals surface area contributed by atoms with Gasteiger partial charge in [0.25, 0.3) is 0 Å². The molecule has 0 amide bonds. The average molecular weight is 565 g/mol. The quantitative estimate of drug-likeness (QED) is 0.212. The van der Waals surface area contributed by atoms with E-state index in [-0.39, 0.29) is 6.17 Å². The minimum atomic E-state index is -0.0705. The summed E-state index contributed by atoms with van der Waals surface area (Å²) in [6.07, 6.45) is 9.19. The number of aromatic nitrogens is 2. The summed E-state index contributed by atoms with van der Waals surface area (Å²) in [5, 5.41) is 8.22. The highest BCUT2D eigenvalue weighted by molar-refractivity contribution is 6.22. The van der Waals surface area contributed by atoms with Gasteiger partial charge < -0.3 is 5.32 Å². The van der Waals surface area contributed by atoms with Crippen molar-refractivity contribution >= 4 is 27.8 Å². The smallest absolute Gasteiger partial charge is 0.159 e. The van der Waals surface area contributed by atoms with Gasteiger partial charge in [0, 0.05) is 24.2 Å². The monoisotopic (exact) mass is 564 g/mol. The van der Waals surface area contributed by atoms with Crippen molar-refractivity contribution in [2.45, 2.75) is 6.17 Å². The van der Waals surface area contributed by atoms with Gasteiger partial charge in [-0.2, -0.15) is 0 Å². The minimum absolute atomic E-state index is 0.0705. The third-order valence-electron chi connectivity index (χ3n) is 8.32.